The summed E-state index contributed by atoms with van der Waals surface area (Å²) in [7, 11) is 0. The molecule has 0 saturated heterocycles. The minimum absolute atomic E-state index is 0.0390. The van der Waals surface area contributed by atoms with Crippen LogP contribution >= 0.6 is 23.1 Å². The molecule has 0 unspecified atom stereocenters. The van der Waals surface area contributed by atoms with E-state index >= 15 is 0 Å². The summed E-state index contributed by atoms with van der Waals surface area (Å²) in [5.74, 6) is 0.0390. The second-order valence-corrected chi connectivity index (χ2v) is 8.61. The number of nitro groups is 1. The molecule has 1 fully saturated rings. The van der Waals surface area contributed by atoms with Crippen LogP contribution in [-0.4, -0.2) is 27.1 Å². The highest BCUT2D eigenvalue weighted by Crippen LogP contribution is 2.34. The third-order valence-corrected chi connectivity index (χ3v) is 6.37. The lowest BCUT2D eigenvalue weighted by Gasteiger charge is -2.24. The first kappa shape index (κ1) is 17.2. The number of thioether (sulfide) groups is 1. The van der Waals surface area contributed by atoms with Gasteiger partial charge in [-0.05, 0) is 25.8 Å². The number of hydrogen-bond acceptors (Lipinski definition) is 6. The first-order chi connectivity index (χ1) is 11.5. The highest BCUT2D eigenvalue weighted by atomic mass is 32.2. The molecular formula is C16H19N3O3S2. The number of non-ortho nitro benzene ring substituents is 1. The normalized spacial score (nSPS) is 16.9. The molecule has 1 aromatic heterocycles. The van der Waals surface area contributed by atoms with E-state index < -0.39 is 4.92 Å². The number of hydrogen-bond donors (Lipinski definition) is 1. The second-order valence-electron chi connectivity index (χ2n) is 5.99. The van der Waals surface area contributed by atoms with Gasteiger partial charge < -0.3 is 5.32 Å². The Balaban J connectivity index is 1.64. The van der Waals surface area contributed by atoms with Crippen molar-refractivity contribution in [3.05, 3.63) is 28.3 Å². The summed E-state index contributed by atoms with van der Waals surface area (Å²) >= 11 is 2.79. The van der Waals surface area contributed by atoms with Gasteiger partial charge in [-0.2, -0.15) is 0 Å². The molecule has 24 heavy (non-hydrogen) atoms. The number of nitrogens with zero attached hydrogens (tertiary/aromatic N) is 2. The monoisotopic (exact) mass is 365 g/mol. The number of nitro benzene ring substituents is 1. The molecule has 0 bridgehead atoms. The van der Waals surface area contributed by atoms with E-state index in [2.05, 4.69) is 10.3 Å². The van der Waals surface area contributed by atoms with Gasteiger partial charge in [0.25, 0.3) is 5.69 Å². The maximum absolute atomic E-state index is 12.3. The predicted octanol–water partition coefficient (Wildman–Crippen LogP) is 4.13. The summed E-state index contributed by atoms with van der Waals surface area (Å²) in [6, 6.07) is 4.94. The van der Waals surface area contributed by atoms with Crippen molar-refractivity contribution < 1.29 is 9.72 Å². The maximum Gasteiger partial charge on any atom is 0.270 e. The van der Waals surface area contributed by atoms with Crippen LogP contribution in [0.1, 0.15) is 39.0 Å². The average molecular weight is 365 g/mol. The molecule has 6 nitrogen and oxygen atoms in total. The molecule has 1 amide bonds. The molecule has 1 atom stereocenters. The van der Waals surface area contributed by atoms with E-state index in [-0.39, 0.29) is 16.8 Å². The molecule has 0 spiro atoms. The SMILES string of the molecule is C[C@H](Sc1nc2ccc([N+](=O)[O-])cc2s1)C(=O)NC1CCCCC1. The lowest BCUT2D eigenvalue weighted by Crippen LogP contribution is -2.40. The van der Waals surface area contributed by atoms with Gasteiger partial charge in [0.15, 0.2) is 4.34 Å². The van der Waals surface area contributed by atoms with Crippen molar-refractivity contribution >= 4 is 44.9 Å². The third kappa shape index (κ3) is 4.05. The van der Waals surface area contributed by atoms with E-state index in [4.69, 9.17) is 0 Å². The van der Waals surface area contributed by atoms with Gasteiger partial charge in [-0.25, -0.2) is 4.98 Å². The Morgan fingerprint density at radius 3 is 2.88 bits per heavy atom. The van der Waals surface area contributed by atoms with Crippen molar-refractivity contribution in [2.45, 2.75) is 54.7 Å². The third-order valence-electron chi connectivity index (χ3n) is 4.16. The maximum atomic E-state index is 12.3. The van der Waals surface area contributed by atoms with Crippen molar-refractivity contribution in [1.82, 2.24) is 10.3 Å². The summed E-state index contributed by atoms with van der Waals surface area (Å²) in [5.41, 5.74) is 0.791. The zero-order chi connectivity index (χ0) is 17.1. The van der Waals surface area contributed by atoms with E-state index in [0.29, 0.717) is 6.04 Å². The van der Waals surface area contributed by atoms with Crippen LogP contribution < -0.4 is 5.32 Å². The standard InChI is InChI=1S/C16H19N3O3S2/c1-10(15(20)17-11-5-3-2-4-6-11)23-16-18-13-8-7-12(19(21)22)9-14(13)24-16/h7-11H,2-6H2,1H3,(H,17,20)/t10-/m0/s1. The van der Waals surface area contributed by atoms with E-state index in [1.807, 2.05) is 6.92 Å². The smallest absolute Gasteiger partial charge is 0.270 e. The van der Waals surface area contributed by atoms with E-state index in [1.54, 1.807) is 6.07 Å². The lowest BCUT2D eigenvalue weighted by molar-refractivity contribution is -0.384. The molecule has 1 heterocycles. The molecule has 0 aliphatic heterocycles. The first-order valence-corrected chi connectivity index (χ1v) is 9.74. The fraction of sp³-hybridized carbons (Fsp3) is 0.500. The number of amides is 1. The summed E-state index contributed by atoms with van der Waals surface area (Å²) in [5, 5.41) is 13.7. The summed E-state index contributed by atoms with van der Waals surface area (Å²) in [6.45, 7) is 1.87. The van der Waals surface area contributed by atoms with Gasteiger partial charge in [0.05, 0.1) is 20.4 Å². The number of carbonyl (C=O) groups is 1. The van der Waals surface area contributed by atoms with Crippen LogP contribution in [-0.2, 0) is 4.79 Å². The number of aromatic nitrogens is 1. The predicted molar refractivity (Wildman–Crippen MR) is 96.6 cm³/mol. The summed E-state index contributed by atoms with van der Waals surface area (Å²) < 4.78 is 1.53. The van der Waals surface area contributed by atoms with Crippen LogP contribution in [0.3, 0.4) is 0 Å². The fourth-order valence-corrected chi connectivity index (χ4v) is 5.08. The number of fused-ring (bicyclic) bond motifs is 1. The average Bonchev–Trinajstić information content (AvgIpc) is 2.96. The highest BCUT2D eigenvalue weighted by Gasteiger charge is 2.21. The molecule has 1 saturated carbocycles. The second kappa shape index (κ2) is 7.48. The first-order valence-electron chi connectivity index (χ1n) is 8.05. The Morgan fingerprint density at radius 2 is 2.17 bits per heavy atom. The molecule has 8 heteroatoms. The zero-order valence-corrected chi connectivity index (χ0v) is 15.0. The Bertz CT molecular complexity index is 756. The number of carbonyl (C=O) groups excluding carboxylic acids is 1. The minimum atomic E-state index is -0.410. The van der Waals surface area contributed by atoms with Gasteiger partial charge in [0.2, 0.25) is 5.91 Å². The van der Waals surface area contributed by atoms with E-state index in [0.717, 1.165) is 27.4 Å². The molecule has 1 aliphatic carbocycles. The molecule has 128 valence electrons. The van der Waals surface area contributed by atoms with Crippen molar-refractivity contribution in [1.29, 1.82) is 0 Å². The quantitative estimate of drug-likeness (QED) is 0.489. The van der Waals surface area contributed by atoms with Crippen LogP contribution in [0.2, 0.25) is 0 Å². The Labute approximate surface area is 148 Å². The molecule has 2 aromatic rings. The molecule has 1 aromatic carbocycles. The molecule has 1 N–H and O–H groups in total. The van der Waals surface area contributed by atoms with Crippen LogP contribution in [0.5, 0.6) is 0 Å². The Hall–Kier alpha value is -1.67. The van der Waals surface area contributed by atoms with Gasteiger partial charge in [-0.1, -0.05) is 31.0 Å². The van der Waals surface area contributed by atoms with E-state index in [1.165, 1.54) is 54.5 Å². The van der Waals surface area contributed by atoms with Gasteiger partial charge >= 0.3 is 0 Å². The molecule has 3 rings (SSSR count). The molecule has 1 aliphatic rings. The lowest BCUT2D eigenvalue weighted by atomic mass is 9.95. The largest absolute Gasteiger partial charge is 0.352 e. The number of nitrogens with one attached hydrogen (secondary N) is 1. The molecule has 0 radical (unpaired) electrons. The van der Waals surface area contributed by atoms with Gasteiger partial charge in [-0.3, -0.25) is 14.9 Å². The summed E-state index contributed by atoms with van der Waals surface area (Å²) in [6.07, 6.45) is 5.75. The number of thiazole rings is 1. The van der Waals surface area contributed by atoms with Crippen LogP contribution in [0.4, 0.5) is 5.69 Å². The number of rotatable bonds is 5. The van der Waals surface area contributed by atoms with Crippen molar-refractivity contribution in [3.8, 4) is 0 Å². The van der Waals surface area contributed by atoms with Crippen LogP contribution in [0.25, 0.3) is 10.2 Å². The minimum Gasteiger partial charge on any atom is -0.352 e. The Morgan fingerprint density at radius 1 is 1.42 bits per heavy atom. The highest BCUT2D eigenvalue weighted by molar-refractivity contribution is 8.02. The van der Waals surface area contributed by atoms with Gasteiger partial charge in [0.1, 0.15) is 0 Å². The summed E-state index contributed by atoms with van der Waals surface area (Å²) in [4.78, 5) is 27.2. The van der Waals surface area contributed by atoms with E-state index in [9.17, 15) is 14.9 Å². The fourth-order valence-electron chi connectivity index (χ4n) is 2.83. The Kier molecular flexibility index (Phi) is 5.35. The van der Waals surface area contributed by atoms with Crippen molar-refractivity contribution in [3.63, 3.8) is 0 Å². The van der Waals surface area contributed by atoms with Crippen LogP contribution in [0, 0.1) is 10.1 Å². The van der Waals surface area contributed by atoms with Crippen LogP contribution in [0.15, 0.2) is 22.5 Å². The van der Waals surface area contributed by atoms with Crippen molar-refractivity contribution in [2.24, 2.45) is 0 Å². The topological polar surface area (TPSA) is 85.1 Å². The van der Waals surface area contributed by atoms with Crippen molar-refractivity contribution in [2.75, 3.05) is 0 Å². The molecular weight excluding hydrogens is 346 g/mol. The zero-order valence-electron chi connectivity index (χ0n) is 13.4. The number of benzene rings is 1. The van der Waals surface area contributed by atoms with Gasteiger partial charge in [0, 0.05) is 18.2 Å². The van der Waals surface area contributed by atoms with Gasteiger partial charge in [-0.15, -0.1) is 11.3 Å².